The number of hydrogen-bond acceptors (Lipinski definition) is 5. The Kier molecular flexibility index (Phi) is 6.82. The number of aromatic nitrogens is 1. The van der Waals surface area contributed by atoms with Crippen LogP contribution in [0.2, 0.25) is 0 Å². The molecule has 4 N–H and O–H groups in total. The summed E-state index contributed by atoms with van der Waals surface area (Å²) in [6, 6.07) is 11.3. The lowest BCUT2D eigenvalue weighted by molar-refractivity contribution is 0.0888. The van der Waals surface area contributed by atoms with Crippen molar-refractivity contribution in [2.24, 2.45) is 0 Å². The van der Waals surface area contributed by atoms with Crippen molar-refractivity contribution in [1.82, 2.24) is 15.2 Å². The van der Waals surface area contributed by atoms with E-state index in [1.165, 1.54) is 31.5 Å². The highest BCUT2D eigenvalue weighted by Gasteiger charge is 2.24. The molecular weight excluding hydrogens is 366 g/mol. The maximum atomic E-state index is 12.4. The molecule has 1 aliphatic rings. The molecule has 1 fully saturated rings. The van der Waals surface area contributed by atoms with Gasteiger partial charge in [0.2, 0.25) is 0 Å². The number of carbonyl (C=O) groups excluding carboxylic acids is 2. The molecular formula is C22H29N5O2. The average Bonchev–Trinajstić information content (AvgIpc) is 2.72. The largest absolute Gasteiger partial charge is 0.397 e. The maximum absolute atomic E-state index is 12.4. The highest BCUT2D eigenvalue weighted by atomic mass is 16.2. The zero-order valence-electron chi connectivity index (χ0n) is 17.0. The number of anilines is 2. The molecule has 0 saturated carbocycles. The normalized spacial score (nSPS) is 19.5. The van der Waals surface area contributed by atoms with Crippen LogP contribution in [0.4, 0.5) is 11.4 Å². The molecule has 154 valence electrons. The van der Waals surface area contributed by atoms with Gasteiger partial charge in [-0.15, -0.1) is 0 Å². The number of benzene rings is 1. The molecule has 1 saturated heterocycles. The van der Waals surface area contributed by atoms with Gasteiger partial charge in [-0.05, 0) is 51.0 Å². The number of rotatable bonds is 6. The van der Waals surface area contributed by atoms with Crippen LogP contribution in [0.25, 0.3) is 0 Å². The SMILES string of the molecule is CC1CCCC(C)N1CCNC(=O)c1ccc(C(=O)Nc2ccccc2N)nc1. The van der Waals surface area contributed by atoms with Gasteiger partial charge in [-0.1, -0.05) is 18.6 Å². The molecule has 0 aliphatic carbocycles. The van der Waals surface area contributed by atoms with Crippen molar-refractivity contribution in [3.63, 3.8) is 0 Å². The van der Waals surface area contributed by atoms with Crippen LogP contribution in [-0.4, -0.2) is 46.9 Å². The number of amides is 2. The summed E-state index contributed by atoms with van der Waals surface area (Å²) in [5, 5.41) is 5.67. The van der Waals surface area contributed by atoms with Crippen molar-refractivity contribution in [2.45, 2.75) is 45.2 Å². The van der Waals surface area contributed by atoms with Gasteiger partial charge < -0.3 is 16.4 Å². The van der Waals surface area contributed by atoms with E-state index in [0.717, 1.165) is 6.54 Å². The van der Waals surface area contributed by atoms with Crippen molar-refractivity contribution in [3.8, 4) is 0 Å². The summed E-state index contributed by atoms with van der Waals surface area (Å²) < 4.78 is 0. The Balaban J connectivity index is 1.52. The summed E-state index contributed by atoms with van der Waals surface area (Å²) in [4.78, 5) is 31.3. The first-order valence-corrected chi connectivity index (χ1v) is 10.1. The zero-order chi connectivity index (χ0) is 20.8. The maximum Gasteiger partial charge on any atom is 0.274 e. The molecule has 1 aliphatic heterocycles. The van der Waals surface area contributed by atoms with Crippen molar-refractivity contribution in [2.75, 3.05) is 24.1 Å². The van der Waals surface area contributed by atoms with E-state index in [0.29, 0.717) is 35.6 Å². The lowest BCUT2D eigenvalue weighted by Crippen LogP contribution is -2.47. The fourth-order valence-electron chi connectivity index (χ4n) is 3.78. The summed E-state index contributed by atoms with van der Waals surface area (Å²) >= 11 is 0. The Morgan fingerprint density at radius 1 is 1.10 bits per heavy atom. The van der Waals surface area contributed by atoms with Gasteiger partial charge in [0.25, 0.3) is 11.8 Å². The third-order valence-corrected chi connectivity index (χ3v) is 5.50. The molecule has 2 atom stereocenters. The van der Waals surface area contributed by atoms with E-state index in [-0.39, 0.29) is 17.5 Å². The number of nitrogens with two attached hydrogens (primary N) is 1. The smallest absolute Gasteiger partial charge is 0.274 e. The predicted octanol–water partition coefficient (Wildman–Crippen LogP) is 2.91. The molecule has 0 radical (unpaired) electrons. The average molecular weight is 396 g/mol. The van der Waals surface area contributed by atoms with Gasteiger partial charge in [0.1, 0.15) is 5.69 Å². The number of piperidine rings is 1. The minimum Gasteiger partial charge on any atom is -0.397 e. The fourth-order valence-corrected chi connectivity index (χ4v) is 3.78. The monoisotopic (exact) mass is 395 g/mol. The van der Waals surface area contributed by atoms with Crippen LogP contribution < -0.4 is 16.4 Å². The molecule has 2 amide bonds. The number of nitrogen functional groups attached to an aromatic ring is 1. The van der Waals surface area contributed by atoms with E-state index in [1.54, 1.807) is 30.3 Å². The topological polar surface area (TPSA) is 100 Å². The lowest BCUT2D eigenvalue weighted by Gasteiger charge is -2.39. The summed E-state index contributed by atoms with van der Waals surface area (Å²) in [5.41, 5.74) is 7.50. The van der Waals surface area contributed by atoms with E-state index >= 15 is 0 Å². The summed E-state index contributed by atoms with van der Waals surface area (Å²) in [7, 11) is 0. The van der Waals surface area contributed by atoms with E-state index < -0.39 is 0 Å². The van der Waals surface area contributed by atoms with Crippen LogP contribution in [-0.2, 0) is 0 Å². The number of likely N-dealkylation sites (tertiary alicyclic amines) is 1. The van der Waals surface area contributed by atoms with Crippen LogP contribution in [0.3, 0.4) is 0 Å². The molecule has 2 unspecified atom stereocenters. The number of carbonyl (C=O) groups is 2. The van der Waals surface area contributed by atoms with Gasteiger partial charge in [0.05, 0.1) is 16.9 Å². The molecule has 7 nitrogen and oxygen atoms in total. The second-order valence-corrected chi connectivity index (χ2v) is 7.60. The summed E-state index contributed by atoms with van der Waals surface area (Å²) in [6.07, 6.45) is 5.11. The third-order valence-electron chi connectivity index (χ3n) is 5.50. The van der Waals surface area contributed by atoms with Gasteiger partial charge in [0.15, 0.2) is 0 Å². The van der Waals surface area contributed by atoms with E-state index in [1.807, 2.05) is 0 Å². The number of nitrogens with zero attached hydrogens (tertiary/aromatic N) is 2. The van der Waals surface area contributed by atoms with Crippen molar-refractivity contribution in [1.29, 1.82) is 0 Å². The minimum atomic E-state index is -0.372. The standard InChI is InChI=1S/C22H29N5O2/c1-15-6-5-7-16(2)27(15)13-12-24-21(28)17-10-11-20(25-14-17)22(29)26-19-9-4-3-8-18(19)23/h3-4,8-11,14-16H,5-7,12-13,23H2,1-2H3,(H,24,28)(H,26,29). The summed E-state index contributed by atoms with van der Waals surface area (Å²) in [6.45, 7) is 5.91. The van der Waals surface area contributed by atoms with E-state index in [2.05, 4.69) is 34.4 Å². The van der Waals surface area contributed by atoms with Gasteiger partial charge in [-0.2, -0.15) is 0 Å². The highest BCUT2D eigenvalue weighted by molar-refractivity contribution is 6.04. The van der Waals surface area contributed by atoms with Gasteiger partial charge in [-0.3, -0.25) is 19.5 Å². The Bertz CT molecular complexity index is 843. The molecule has 3 rings (SSSR count). The minimum absolute atomic E-state index is 0.186. The number of hydrogen-bond donors (Lipinski definition) is 3. The summed E-state index contributed by atoms with van der Waals surface area (Å²) in [5.74, 6) is -0.558. The molecule has 2 heterocycles. The number of pyridine rings is 1. The quantitative estimate of drug-likeness (QED) is 0.653. The van der Waals surface area contributed by atoms with Gasteiger partial charge >= 0.3 is 0 Å². The zero-order valence-corrected chi connectivity index (χ0v) is 17.0. The van der Waals surface area contributed by atoms with Crippen LogP contribution in [0, 0.1) is 0 Å². The van der Waals surface area contributed by atoms with E-state index in [9.17, 15) is 9.59 Å². The molecule has 2 aromatic rings. The fraction of sp³-hybridized carbons (Fsp3) is 0.409. The van der Waals surface area contributed by atoms with Crippen molar-refractivity contribution < 1.29 is 9.59 Å². The van der Waals surface area contributed by atoms with Gasteiger partial charge in [-0.25, -0.2) is 0 Å². The Morgan fingerprint density at radius 2 is 1.83 bits per heavy atom. The van der Waals surface area contributed by atoms with E-state index in [4.69, 9.17) is 5.73 Å². The predicted molar refractivity (Wildman–Crippen MR) is 115 cm³/mol. The third kappa shape index (κ3) is 5.32. The Morgan fingerprint density at radius 3 is 2.48 bits per heavy atom. The number of para-hydroxylation sites is 2. The Hall–Kier alpha value is -2.93. The molecule has 0 bridgehead atoms. The highest BCUT2D eigenvalue weighted by Crippen LogP contribution is 2.21. The Labute approximate surface area is 171 Å². The van der Waals surface area contributed by atoms with Crippen molar-refractivity contribution in [3.05, 3.63) is 53.9 Å². The number of nitrogens with one attached hydrogen (secondary N) is 2. The second kappa shape index (κ2) is 9.52. The van der Waals surface area contributed by atoms with Gasteiger partial charge in [0, 0.05) is 31.4 Å². The molecule has 7 heteroatoms. The van der Waals surface area contributed by atoms with Crippen LogP contribution in [0.1, 0.15) is 54.0 Å². The molecule has 29 heavy (non-hydrogen) atoms. The molecule has 0 spiro atoms. The van der Waals surface area contributed by atoms with Crippen LogP contribution in [0.15, 0.2) is 42.6 Å². The second-order valence-electron chi connectivity index (χ2n) is 7.60. The first-order valence-electron chi connectivity index (χ1n) is 10.1. The molecule has 1 aromatic carbocycles. The van der Waals surface area contributed by atoms with Crippen LogP contribution >= 0.6 is 0 Å². The first kappa shape index (κ1) is 20.8. The first-order chi connectivity index (χ1) is 14.0. The van der Waals surface area contributed by atoms with Crippen molar-refractivity contribution >= 4 is 23.2 Å². The molecule has 1 aromatic heterocycles. The lowest BCUT2D eigenvalue weighted by atomic mass is 9.98. The van der Waals surface area contributed by atoms with Crippen LogP contribution in [0.5, 0.6) is 0 Å².